The highest BCUT2D eigenvalue weighted by atomic mass is 79.9. The van der Waals surface area contributed by atoms with Crippen molar-refractivity contribution in [2.45, 2.75) is 0 Å². The van der Waals surface area contributed by atoms with E-state index in [1.165, 1.54) is 6.07 Å². The van der Waals surface area contributed by atoms with Gasteiger partial charge in [0.05, 0.1) is 15.8 Å². The summed E-state index contributed by atoms with van der Waals surface area (Å²) in [6.07, 6.45) is 0. The first-order chi connectivity index (χ1) is 6.97. The van der Waals surface area contributed by atoms with Gasteiger partial charge in [-0.3, -0.25) is 14.9 Å². The van der Waals surface area contributed by atoms with Crippen LogP contribution in [0.25, 0.3) is 0 Å². The number of nitro benzene ring substituents is 1. The van der Waals surface area contributed by atoms with E-state index >= 15 is 0 Å². The number of hydrogen-bond donors (Lipinski definition) is 1. The molecule has 0 atom stereocenters. The highest BCUT2D eigenvalue weighted by molar-refractivity contribution is 9.09. The van der Waals surface area contributed by atoms with Gasteiger partial charge in [0, 0.05) is 11.1 Å². The van der Waals surface area contributed by atoms with Crippen LogP contribution in [0.1, 0.15) is 10.4 Å². The van der Waals surface area contributed by atoms with Gasteiger partial charge in [-0.25, -0.2) is 0 Å². The summed E-state index contributed by atoms with van der Waals surface area (Å²) in [6, 6.07) is 2.18. The maximum Gasteiger partial charge on any atom is 0.312 e. The number of phenolic OH excluding ortho intramolecular Hbond substituents is 1. The van der Waals surface area contributed by atoms with E-state index in [0.29, 0.717) is 0 Å². The molecule has 0 unspecified atom stereocenters. The zero-order valence-corrected chi connectivity index (χ0v) is 9.58. The molecule has 1 aromatic rings. The van der Waals surface area contributed by atoms with Crippen molar-refractivity contribution in [2.75, 3.05) is 5.33 Å². The van der Waals surface area contributed by atoms with E-state index in [4.69, 9.17) is 11.6 Å². The molecule has 0 aliphatic carbocycles. The van der Waals surface area contributed by atoms with Crippen LogP contribution in [-0.2, 0) is 0 Å². The number of alkyl halides is 1. The van der Waals surface area contributed by atoms with Crippen molar-refractivity contribution in [3.8, 4) is 5.75 Å². The number of halogens is 2. The standard InChI is InChI=1S/C8H5BrClNO4/c9-3-7(12)5-1-4(10)2-6(8(5)13)11(14)15/h1-2,13H,3H2. The third kappa shape index (κ3) is 2.45. The Balaban J connectivity index is 3.41. The first-order valence-corrected chi connectivity index (χ1v) is 5.23. The minimum atomic E-state index is -0.799. The fourth-order valence-electron chi connectivity index (χ4n) is 1.01. The number of rotatable bonds is 3. The highest BCUT2D eigenvalue weighted by Crippen LogP contribution is 2.33. The fraction of sp³-hybridized carbons (Fsp3) is 0.125. The van der Waals surface area contributed by atoms with Crippen LogP contribution in [0.3, 0.4) is 0 Å². The first kappa shape index (κ1) is 11.9. The Bertz CT molecular complexity index is 435. The summed E-state index contributed by atoms with van der Waals surface area (Å²) in [6.45, 7) is 0. The minimum Gasteiger partial charge on any atom is -0.502 e. The number of aromatic hydroxyl groups is 1. The fourth-order valence-corrected chi connectivity index (χ4v) is 1.52. The number of benzene rings is 1. The molecule has 5 nitrogen and oxygen atoms in total. The summed E-state index contributed by atoms with van der Waals surface area (Å²) in [7, 11) is 0. The lowest BCUT2D eigenvalue weighted by molar-refractivity contribution is -0.385. The van der Waals surface area contributed by atoms with Crippen molar-refractivity contribution in [1.29, 1.82) is 0 Å². The molecule has 0 saturated carbocycles. The third-order valence-corrected chi connectivity index (χ3v) is 2.40. The molecule has 0 saturated heterocycles. The summed E-state index contributed by atoms with van der Waals surface area (Å²) < 4.78 is 0. The van der Waals surface area contributed by atoms with Crippen molar-refractivity contribution in [3.05, 3.63) is 32.8 Å². The lowest BCUT2D eigenvalue weighted by Crippen LogP contribution is -2.02. The topological polar surface area (TPSA) is 80.4 Å². The molecule has 80 valence electrons. The maximum atomic E-state index is 11.3. The van der Waals surface area contributed by atoms with Crippen molar-refractivity contribution < 1.29 is 14.8 Å². The molecule has 0 spiro atoms. The average molecular weight is 294 g/mol. The monoisotopic (exact) mass is 293 g/mol. The van der Waals surface area contributed by atoms with Crippen LogP contribution in [-0.4, -0.2) is 21.1 Å². The lowest BCUT2D eigenvalue weighted by atomic mass is 10.1. The van der Waals surface area contributed by atoms with Crippen LogP contribution in [0.5, 0.6) is 5.75 Å². The smallest absolute Gasteiger partial charge is 0.312 e. The maximum absolute atomic E-state index is 11.3. The van der Waals surface area contributed by atoms with Crippen LogP contribution >= 0.6 is 27.5 Å². The molecule has 0 aliphatic heterocycles. The number of carbonyl (C=O) groups is 1. The number of ketones is 1. The zero-order valence-electron chi connectivity index (χ0n) is 7.24. The van der Waals surface area contributed by atoms with Gasteiger partial charge in [-0.05, 0) is 6.07 Å². The van der Waals surface area contributed by atoms with Gasteiger partial charge in [-0.1, -0.05) is 27.5 Å². The predicted octanol–water partition coefficient (Wildman–Crippen LogP) is 2.53. The Hall–Kier alpha value is -1.14. The summed E-state index contributed by atoms with van der Waals surface area (Å²) in [5.74, 6) is -1.13. The van der Waals surface area contributed by atoms with Gasteiger partial charge in [0.1, 0.15) is 0 Å². The molecular weight excluding hydrogens is 289 g/mol. The van der Waals surface area contributed by atoms with E-state index in [1.54, 1.807) is 0 Å². The Kier molecular flexibility index (Phi) is 3.65. The Morgan fingerprint density at radius 3 is 2.67 bits per heavy atom. The molecule has 7 heteroatoms. The van der Waals surface area contributed by atoms with E-state index in [-0.39, 0.29) is 15.9 Å². The zero-order chi connectivity index (χ0) is 11.6. The number of hydrogen-bond acceptors (Lipinski definition) is 4. The first-order valence-electron chi connectivity index (χ1n) is 3.73. The predicted molar refractivity (Wildman–Crippen MR) is 57.9 cm³/mol. The van der Waals surface area contributed by atoms with Gasteiger partial charge < -0.3 is 5.11 Å². The number of Topliss-reactive ketones (excluding diaryl/α,β-unsaturated/α-hetero) is 1. The molecule has 0 heterocycles. The highest BCUT2D eigenvalue weighted by Gasteiger charge is 2.21. The van der Waals surface area contributed by atoms with Crippen molar-refractivity contribution in [1.82, 2.24) is 0 Å². The van der Waals surface area contributed by atoms with Gasteiger partial charge in [0.15, 0.2) is 5.78 Å². The van der Waals surface area contributed by atoms with Crippen LogP contribution in [0.15, 0.2) is 12.1 Å². The Morgan fingerprint density at radius 1 is 1.60 bits per heavy atom. The molecule has 1 rings (SSSR count). The molecule has 0 aliphatic rings. The molecular formula is C8H5BrClNO4. The van der Waals surface area contributed by atoms with Crippen LogP contribution in [0, 0.1) is 10.1 Å². The number of carbonyl (C=O) groups excluding carboxylic acids is 1. The molecule has 0 aromatic heterocycles. The molecule has 1 aromatic carbocycles. The van der Waals surface area contributed by atoms with Crippen molar-refractivity contribution >= 4 is 39.0 Å². The average Bonchev–Trinajstić information content (AvgIpc) is 2.19. The summed E-state index contributed by atoms with van der Waals surface area (Å²) >= 11 is 8.48. The summed E-state index contributed by atoms with van der Waals surface area (Å²) in [5, 5.41) is 19.9. The number of phenols is 1. The van der Waals surface area contributed by atoms with Gasteiger partial charge in [0.25, 0.3) is 0 Å². The van der Waals surface area contributed by atoms with E-state index in [9.17, 15) is 20.0 Å². The SMILES string of the molecule is O=C(CBr)c1cc(Cl)cc([N+](=O)[O-])c1O. The quantitative estimate of drug-likeness (QED) is 0.402. The number of nitrogens with zero attached hydrogens (tertiary/aromatic N) is 1. The third-order valence-electron chi connectivity index (χ3n) is 1.67. The molecule has 0 amide bonds. The van der Waals surface area contributed by atoms with Crippen LogP contribution < -0.4 is 0 Å². The molecule has 0 radical (unpaired) electrons. The Labute approximate surface area is 97.9 Å². The van der Waals surface area contributed by atoms with Gasteiger partial charge in [-0.2, -0.15) is 0 Å². The molecule has 0 bridgehead atoms. The Morgan fingerprint density at radius 2 is 2.20 bits per heavy atom. The van der Waals surface area contributed by atoms with Crippen LogP contribution in [0.4, 0.5) is 5.69 Å². The number of nitro groups is 1. The van der Waals surface area contributed by atoms with Gasteiger partial charge in [-0.15, -0.1) is 0 Å². The lowest BCUT2D eigenvalue weighted by Gasteiger charge is -2.03. The summed E-state index contributed by atoms with van der Waals surface area (Å²) in [4.78, 5) is 21.0. The van der Waals surface area contributed by atoms with Gasteiger partial charge >= 0.3 is 5.69 Å². The minimum absolute atomic E-state index is 0.0313. The van der Waals surface area contributed by atoms with Crippen LogP contribution in [0.2, 0.25) is 5.02 Å². The second-order valence-corrected chi connectivity index (χ2v) is 3.63. The molecule has 0 fully saturated rings. The van der Waals surface area contributed by atoms with Gasteiger partial charge in [0.2, 0.25) is 5.75 Å². The van der Waals surface area contributed by atoms with E-state index in [2.05, 4.69) is 15.9 Å². The van der Waals surface area contributed by atoms with E-state index in [1.807, 2.05) is 0 Å². The van der Waals surface area contributed by atoms with Crippen molar-refractivity contribution in [3.63, 3.8) is 0 Å². The molecule has 15 heavy (non-hydrogen) atoms. The summed E-state index contributed by atoms with van der Waals surface area (Å²) in [5.41, 5.74) is -0.738. The van der Waals surface area contributed by atoms with E-state index in [0.717, 1.165) is 6.07 Å². The molecule has 1 N–H and O–H groups in total. The second-order valence-electron chi connectivity index (χ2n) is 2.63. The van der Waals surface area contributed by atoms with E-state index < -0.39 is 22.1 Å². The largest absolute Gasteiger partial charge is 0.502 e. The second kappa shape index (κ2) is 4.59. The normalized spacial score (nSPS) is 10.0. The van der Waals surface area contributed by atoms with Crippen molar-refractivity contribution in [2.24, 2.45) is 0 Å².